The van der Waals surface area contributed by atoms with E-state index >= 15 is 0 Å². The van der Waals surface area contributed by atoms with Gasteiger partial charge in [-0.05, 0) is 36.8 Å². The fraction of sp³-hybridized carbons (Fsp3) is 0.263. The molecule has 0 aliphatic carbocycles. The van der Waals surface area contributed by atoms with Crippen molar-refractivity contribution in [3.8, 4) is 17.2 Å². The Balaban J connectivity index is 2.13. The first-order chi connectivity index (χ1) is 13.3. The third kappa shape index (κ3) is 5.57. The van der Waals surface area contributed by atoms with Gasteiger partial charge in [-0.3, -0.25) is 4.79 Å². The number of halogens is 2. The number of carbonyl (C=O) groups is 2. The van der Waals surface area contributed by atoms with Crippen LogP contribution in [0.1, 0.15) is 28.9 Å². The van der Waals surface area contributed by atoms with Crippen molar-refractivity contribution in [3.05, 3.63) is 53.6 Å². The lowest BCUT2D eigenvalue weighted by atomic mass is 10.1. The highest BCUT2D eigenvalue weighted by molar-refractivity contribution is 5.98. The van der Waals surface area contributed by atoms with E-state index in [4.69, 9.17) is 14.6 Å². The topological polar surface area (TPSA) is 94.1 Å². The third-order valence-corrected chi connectivity index (χ3v) is 3.74. The van der Waals surface area contributed by atoms with Gasteiger partial charge >= 0.3 is 12.6 Å². The van der Waals surface area contributed by atoms with Gasteiger partial charge in [0.2, 0.25) is 0 Å². The van der Waals surface area contributed by atoms with Crippen LogP contribution in [0.15, 0.2) is 42.5 Å². The first-order valence-corrected chi connectivity index (χ1v) is 8.19. The Labute approximate surface area is 159 Å². The van der Waals surface area contributed by atoms with Crippen LogP contribution in [-0.4, -0.2) is 37.3 Å². The molecule has 2 aromatic carbocycles. The van der Waals surface area contributed by atoms with Crippen LogP contribution in [0.3, 0.4) is 0 Å². The Morgan fingerprint density at radius 3 is 2.39 bits per heavy atom. The van der Waals surface area contributed by atoms with Crippen molar-refractivity contribution in [3.63, 3.8) is 0 Å². The minimum atomic E-state index is -3.11. The van der Waals surface area contributed by atoms with Crippen LogP contribution in [0.25, 0.3) is 0 Å². The average molecular weight is 395 g/mol. The largest absolute Gasteiger partial charge is 0.493 e. The monoisotopic (exact) mass is 395 g/mol. The highest BCUT2D eigenvalue weighted by Crippen LogP contribution is 2.32. The molecule has 1 unspecified atom stereocenters. The Morgan fingerprint density at radius 2 is 1.82 bits per heavy atom. The summed E-state index contributed by atoms with van der Waals surface area (Å²) >= 11 is 0. The lowest BCUT2D eigenvalue weighted by molar-refractivity contribution is -0.139. The highest BCUT2D eigenvalue weighted by Gasteiger charge is 2.21. The van der Waals surface area contributed by atoms with E-state index in [1.54, 1.807) is 31.2 Å². The maximum Gasteiger partial charge on any atom is 0.387 e. The van der Waals surface area contributed by atoms with E-state index in [1.165, 1.54) is 25.3 Å². The van der Waals surface area contributed by atoms with Gasteiger partial charge in [0.05, 0.1) is 18.7 Å². The summed E-state index contributed by atoms with van der Waals surface area (Å²) in [5.41, 5.74) is 0.614. The number of nitrogens with one attached hydrogen (secondary N) is 1. The first kappa shape index (κ1) is 20.9. The fourth-order valence-corrected chi connectivity index (χ4v) is 2.42. The van der Waals surface area contributed by atoms with Crippen LogP contribution >= 0.6 is 0 Å². The van der Waals surface area contributed by atoms with Gasteiger partial charge in [0.25, 0.3) is 5.91 Å². The van der Waals surface area contributed by atoms with Gasteiger partial charge < -0.3 is 24.6 Å². The van der Waals surface area contributed by atoms with Crippen molar-refractivity contribution < 1.29 is 37.7 Å². The molecule has 1 amide bonds. The summed E-state index contributed by atoms with van der Waals surface area (Å²) in [6.45, 7) is -1.87. The van der Waals surface area contributed by atoms with Crippen LogP contribution in [0.2, 0.25) is 0 Å². The van der Waals surface area contributed by atoms with Crippen molar-refractivity contribution in [1.29, 1.82) is 0 Å². The summed E-state index contributed by atoms with van der Waals surface area (Å²) < 4.78 is 39.9. The minimum absolute atomic E-state index is 0.0144. The smallest absolute Gasteiger partial charge is 0.387 e. The molecule has 0 saturated carbocycles. The van der Waals surface area contributed by atoms with Crippen LogP contribution < -0.4 is 19.5 Å². The quantitative estimate of drug-likeness (QED) is 0.677. The molecule has 2 N–H and O–H groups in total. The summed E-state index contributed by atoms with van der Waals surface area (Å²) in [4.78, 5) is 23.1. The summed E-state index contributed by atoms with van der Waals surface area (Å²) in [5.74, 6) is -1.68. The van der Waals surface area contributed by atoms with Gasteiger partial charge in [-0.25, -0.2) is 4.79 Å². The van der Waals surface area contributed by atoms with Crippen LogP contribution in [-0.2, 0) is 4.79 Å². The van der Waals surface area contributed by atoms with E-state index in [1.807, 2.05) is 0 Å². The maximum atomic E-state index is 12.7. The molecule has 150 valence electrons. The van der Waals surface area contributed by atoms with Crippen LogP contribution in [0.5, 0.6) is 17.2 Å². The standard InChI is InChI=1S/C19H19F2NO6/c1-11(12-6-8-13(9-7-12)27-10-16(23)24)22-18(25)14-4-3-5-15(26-2)17(14)28-19(20)21/h3-9,11,19H,10H2,1-2H3,(H,22,25)(H,23,24). The second kappa shape index (κ2) is 9.54. The molecule has 0 aromatic heterocycles. The Hall–Kier alpha value is -3.36. The van der Waals surface area contributed by atoms with E-state index in [0.29, 0.717) is 11.3 Å². The van der Waals surface area contributed by atoms with Gasteiger partial charge in [-0.1, -0.05) is 18.2 Å². The Bertz CT molecular complexity index is 826. The lowest BCUT2D eigenvalue weighted by Crippen LogP contribution is -2.27. The molecule has 7 nitrogen and oxygen atoms in total. The number of hydrogen-bond donors (Lipinski definition) is 2. The third-order valence-electron chi connectivity index (χ3n) is 3.74. The fourth-order valence-electron chi connectivity index (χ4n) is 2.42. The molecule has 0 heterocycles. The lowest BCUT2D eigenvalue weighted by Gasteiger charge is -2.18. The van der Waals surface area contributed by atoms with Gasteiger partial charge in [-0.15, -0.1) is 0 Å². The number of rotatable bonds is 9. The molecule has 2 rings (SSSR count). The summed E-state index contributed by atoms with van der Waals surface area (Å²) in [7, 11) is 1.28. The van der Waals surface area contributed by atoms with Gasteiger partial charge in [0.1, 0.15) is 5.75 Å². The average Bonchev–Trinajstić information content (AvgIpc) is 2.66. The van der Waals surface area contributed by atoms with E-state index < -0.39 is 31.1 Å². The number of ether oxygens (including phenoxy) is 3. The zero-order valence-corrected chi connectivity index (χ0v) is 15.1. The number of methoxy groups -OCH3 is 1. The SMILES string of the molecule is COc1cccc(C(=O)NC(C)c2ccc(OCC(=O)O)cc2)c1OC(F)F. The number of alkyl halides is 2. The Kier molecular flexibility index (Phi) is 7.14. The number of carboxylic acids is 1. The number of para-hydroxylation sites is 1. The molecule has 0 spiro atoms. The highest BCUT2D eigenvalue weighted by atomic mass is 19.3. The molecular formula is C19H19F2NO6. The van der Waals surface area contributed by atoms with E-state index in [9.17, 15) is 18.4 Å². The van der Waals surface area contributed by atoms with E-state index in [0.717, 1.165) is 0 Å². The predicted molar refractivity (Wildman–Crippen MR) is 95.1 cm³/mol. The van der Waals surface area contributed by atoms with Crippen LogP contribution in [0.4, 0.5) is 8.78 Å². The van der Waals surface area contributed by atoms with Gasteiger partial charge in [-0.2, -0.15) is 8.78 Å². The molecule has 0 bridgehead atoms. The molecule has 9 heteroatoms. The molecule has 28 heavy (non-hydrogen) atoms. The summed E-state index contributed by atoms with van der Waals surface area (Å²) in [6.07, 6.45) is 0. The molecule has 0 aliphatic rings. The van der Waals surface area contributed by atoms with Crippen molar-refractivity contribution in [2.75, 3.05) is 13.7 Å². The van der Waals surface area contributed by atoms with Crippen molar-refractivity contribution in [1.82, 2.24) is 5.32 Å². The summed E-state index contributed by atoms with van der Waals surface area (Å²) in [6, 6.07) is 10.2. The minimum Gasteiger partial charge on any atom is -0.493 e. The zero-order valence-electron chi connectivity index (χ0n) is 15.1. The number of benzene rings is 2. The maximum absolute atomic E-state index is 12.7. The first-order valence-electron chi connectivity index (χ1n) is 8.19. The number of carboxylic acid groups (broad SMARTS) is 1. The number of carbonyl (C=O) groups excluding carboxylic acids is 1. The molecular weight excluding hydrogens is 376 g/mol. The van der Waals surface area contributed by atoms with E-state index in [-0.39, 0.29) is 17.1 Å². The Morgan fingerprint density at radius 1 is 1.14 bits per heavy atom. The van der Waals surface area contributed by atoms with Crippen molar-refractivity contribution >= 4 is 11.9 Å². The number of hydrogen-bond acceptors (Lipinski definition) is 5. The predicted octanol–water partition coefficient (Wildman–Crippen LogP) is 3.25. The summed E-state index contributed by atoms with van der Waals surface area (Å²) in [5, 5.41) is 11.3. The molecule has 0 saturated heterocycles. The second-order valence-electron chi connectivity index (χ2n) is 5.66. The van der Waals surface area contributed by atoms with Crippen molar-refractivity contribution in [2.45, 2.75) is 19.6 Å². The van der Waals surface area contributed by atoms with Crippen molar-refractivity contribution in [2.24, 2.45) is 0 Å². The number of amides is 1. The zero-order chi connectivity index (χ0) is 20.7. The molecule has 0 radical (unpaired) electrons. The van der Waals surface area contributed by atoms with Gasteiger partial charge in [0, 0.05) is 0 Å². The molecule has 0 fully saturated rings. The molecule has 0 aliphatic heterocycles. The number of aliphatic carboxylic acids is 1. The molecule has 1 atom stereocenters. The molecule has 2 aromatic rings. The van der Waals surface area contributed by atoms with Crippen LogP contribution in [0, 0.1) is 0 Å². The normalized spacial score (nSPS) is 11.6. The van der Waals surface area contributed by atoms with Gasteiger partial charge in [0.15, 0.2) is 18.1 Å². The second-order valence-corrected chi connectivity index (χ2v) is 5.66. The van der Waals surface area contributed by atoms with E-state index in [2.05, 4.69) is 10.1 Å².